The summed E-state index contributed by atoms with van der Waals surface area (Å²) in [5.74, 6) is -1.03. The fourth-order valence-corrected chi connectivity index (χ4v) is 3.01. The predicted octanol–water partition coefficient (Wildman–Crippen LogP) is 3.79. The van der Waals surface area contributed by atoms with E-state index in [1.165, 1.54) is 17.4 Å². The minimum absolute atomic E-state index is 0.123. The summed E-state index contributed by atoms with van der Waals surface area (Å²) in [4.78, 5) is 21.3. The molecule has 1 amide bonds. The molecule has 0 radical (unpaired) electrons. The van der Waals surface area contributed by atoms with Crippen LogP contribution in [-0.2, 0) is 5.41 Å². The average Bonchev–Trinajstić information content (AvgIpc) is 2.97. The lowest BCUT2D eigenvalue weighted by Crippen LogP contribution is -2.14. The number of benzene rings is 1. The maximum atomic E-state index is 13.9. The number of carbonyl (C=O) groups is 1. The van der Waals surface area contributed by atoms with E-state index < -0.39 is 11.7 Å². The molecule has 0 aliphatic heterocycles. The lowest BCUT2D eigenvalue weighted by Gasteiger charge is -2.12. The van der Waals surface area contributed by atoms with E-state index in [9.17, 15) is 9.18 Å². The Morgan fingerprint density at radius 3 is 2.44 bits per heavy atom. The van der Waals surface area contributed by atoms with Gasteiger partial charge in [-0.25, -0.2) is 14.4 Å². The Labute approximate surface area is 148 Å². The van der Waals surface area contributed by atoms with E-state index in [0.29, 0.717) is 27.6 Å². The minimum Gasteiger partial charge on any atom is -0.296 e. The molecule has 130 valence electrons. The first-order valence-corrected chi connectivity index (χ1v) is 8.56. The van der Waals surface area contributed by atoms with E-state index in [0.717, 1.165) is 11.1 Å². The van der Waals surface area contributed by atoms with E-state index in [4.69, 9.17) is 0 Å². The predicted molar refractivity (Wildman–Crippen MR) is 95.5 cm³/mol. The van der Waals surface area contributed by atoms with Crippen molar-refractivity contribution in [3.63, 3.8) is 0 Å². The van der Waals surface area contributed by atoms with Crippen molar-refractivity contribution in [2.45, 2.75) is 40.0 Å². The molecule has 3 aromatic rings. The van der Waals surface area contributed by atoms with Crippen LogP contribution in [0.2, 0.25) is 0 Å². The van der Waals surface area contributed by atoms with Crippen LogP contribution in [0.4, 0.5) is 9.52 Å². The Morgan fingerprint density at radius 1 is 1.12 bits per heavy atom. The maximum absolute atomic E-state index is 13.9. The molecular weight excluding hydrogens is 341 g/mol. The molecule has 0 aliphatic carbocycles. The summed E-state index contributed by atoms with van der Waals surface area (Å²) >= 11 is 1.29. The van der Waals surface area contributed by atoms with Gasteiger partial charge in [0.1, 0.15) is 16.3 Å². The molecule has 0 fully saturated rings. The van der Waals surface area contributed by atoms with Crippen LogP contribution in [0.1, 0.15) is 47.5 Å². The van der Waals surface area contributed by atoms with Crippen LogP contribution in [0.15, 0.2) is 12.1 Å². The molecule has 0 spiro atoms. The molecule has 25 heavy (non-hydrogen) atoms. The average molecular weight is 359 g/mol. The molecular formula is C17H18FN5OS. The number of amides is 1. The van der Waals surface area contributed by atoms with E-state index in [-0.39, 0.29) is 11.0 Å². The van der Waals surface area contributed by atoms with Gasteiger partial charge in [-0.15, -0.1) is 10.2 Å². The van der Waals surface area contributed by atoms with Gasteiger partial charge in [-0.2, -0.15) is 0 Å². The third-order valence-electron chi connectivity index (χ3n) is 3.68. The van der Waals surface area contributed by atoms with Crippen LogP contribution >= 0.6 is 11.3 Å². The molecule has 8 heteroatoms. The number of anilines is 1. The minimum atomic E-state index is -0.539. The number of rotatable bonds is 2. The van der Waals surface area contributed by atoms with Crippen molar-refractivity contribution in [3.05, 3.63) is 39.9 Å². The number of aryl methyl sites for hydroxylation is 2. The summed E-state index contributed by atoms with van der Waals surface area (Å²) in [5, 5.41) is 11.9. The number of nitrogens with zero attached hydrogens (tertiary/aromatic N) is 4. The molecule has 0 aliphatic rings. The van der Waals surface area contributed by atoms with Gasteiger partial charge in [-0.05, 0) is 19.9 Å². The molecule has 0 atom stereocenters. The van der Waals surface area contributed by atoms with Gasteiger partial charge in [-0.1, -0.05) is 32.1 Å². The van der Waals surface area contributed by atoms with Gasteiger partial charge < -0.3 is 0 Å². The van der Waals surface area contributed by atoms with Gasteiger partial charge in [0.25, 0.3) is 5.91 Å². The van der Waals surface area contributed by atoms with Gasteiger partial charge in [-0.3, -0.25) is 10.1 Å². The molecule has 0 bridgehead atoms. The highest BCUT2D eigenvalue weighted by molar-refractivity contribution is 7.15. The van der Waals surface area contributed by atoms with Crippen LogP contribution in [0, 0.1) is 19.7 Å². The molecule has 0 saturated heterocycles. The highest BCUT2D eigenvalue weighted by Gasteiger charge is 2.21. The van der Waals surface area contributed by atoms with E-state index in [1.54, 1.807) is 13.8 Å². The van der Waals surface area contributed by atoms with E-state index in [1.807, 2.05) is 20.8 Å². The third kappa shape index (κ3) is 3.48. The first-order valence-electron chi connectivity index (χ1n) is 7.75. The monoisotopic (exact) mass is 359 g/mol. The van der Waals surface area contributed by atoms with Gasteiger partial charge in [0.05, 0.1) is 22.5 Å². The van der Waals surface area contributed by atoms with E-state index >= 15 is 0 Å². The smallest absolute Gasteiger partial charge is 0.259 e. The number of hydrogen-bond donors (Lipinski definition) is 1. The Kier molecular flexibility index (Phi) is 4.24. The number of fused-ring (bicyclic) bond motifs is 1. The van der Waals surface area contributed by atoms with Gasteiger partial charge >= 0.3 is 0 Å². The SMILES string of the molecule is Cc1nc2cc(F)cc(C(=O)Nc3nnc(C(C)(C)C)s3)c2nc1C. The largest absolute Gasteiger partial charge is 0.296 e. The number of aromatic nitrogens is 4. The Bertz CT molecular complexity index is 977. The van der Waals surface area contributed by atoms with Crippen molar-refractivity contribution in [3.8, 4) is 0 Å². The molecule has 0 saturated carbocycles. The number of carbonyl (C=O) groups excluding carboxylic acids is 1. The van der Waals surface area contributed by atoms with Crippen molar-refractivity contribution in [2.75, 3.05) is 5.32 Å². The van der Waals surface area contributed by atoms with Crippen LogP contribution in [0.25, 0.3) is 11.0 Å². The van der Waals surface area contributed by atoms with Crippen LogP contribution in [-0.4, -0.2) is 26.1 Å². The Balaban J connectivity index is 1.99. The second-order valence-electron chi connectivity index (χ2n) is 6.83. The highest BCUT2D eigenvalue weighted by atomic mass is 32.1. The number of halogens is 1. The lowest BCUT2D eigenvalue weighted by molar-refractivity contribution is 0.102. The van der Waals surface area contributed by atoms with Crippen LogP contribution in [0.5, 0.6) is 0 Å². The summed E-state index contributed by atoms with van der Waals surface area (Å²) in [6, 6.07) is 2.43. The van der Waals surface area contributed by atoms with Gasteiger partial charge in [0, 0.05) is 11.5 Å². The third-order valence-corrected chi connectivity index (χ3v) is 4.94. The highest BCUT2D eigenvalue weighted by Crippen LogP contribution is 2.28. The molecule has 2 aromatic heterocycles. The summed E-state index contributed by atoms with van der Waals surface area (Å²) in [5.41, 5.74) is 2.07. The normalized spacial score (nSPS) is 11.8. The summed E-state index contributed by atoms with van der Waals surface area (Å²) in [6.45, 7) is 9.63. The van der Waals surface area contributed by atoms with Crippen molar-refractivity contribution in [1.29, 1.82) is 0 Å². The number of nitrogens with one attached hydrogen (secondary N) is 1. The fourth-order valence-electron chi connectivity index (χ4n) is 2.21. The van der Waals surface area contributed by atoms with Crippen molar-refractivity contribution in [1.82, 2.24) is 20.2 Å². The van der Waals surface area contributed by atoms with Crippen molar-refractivity contribution in [2.24, 2.45) is 0 Å². The Morgan fingerprint density at radius 2 is 1.80 bits per heavy atom. The first-order chi connectivity index (χ1) is 11.6. The zero-order chi connectivity index (χ0) is 18.4. The first kappa shape index (κ1) is 17.3. The second kappa shape index (κ2) is 6.11. The summed E-state index contributed by atoms with van der Waals surface area (Å²) in [6.07, 6.45) is 0. The standard InChI is InChI=1S/C17H18FN5OS/c1-8-9(2)20-13-11(6-10(18)7-12(13)19-8)14(24)21-16-23-22-15(25-16)17(3,4)5/h6-7H,1-5H3,(H,21,23,24). The van der Waals surface area contributed by atoms with Gasteiger partial charge in [0.2, 0.25) is 5.13 Å². The van der Waals surface area contributed by atoms with Crippen LogP contribution < -0.4 is 5.32 Å². The summed E-state index contributed by atoms with van der Waals surface area (Å²) in [7, 11) is 0. The van der Waals surface area contributed by atoms with Gasteiger partial charge in [0.15, 0.2) is 0 Å². The zero-order valence-corrected chi connectivity index (χ0v) is 15.5. The van der Waals surface area contributed by atoms with Crippen LogP contribution in [0.3, 0.4) is 0 Å². The molecule has 2 heterocycles. The summed E-state index contributed by atoms with van der Waals surface area (Å²) < 4.78 is 13.9. The Hall–Kier alpha value is -2.48. The van der Waals surface area contributed by atoms with E-state index in [2.05, 4.69) is 25.5 Å². The fraction of sp³-hybridized carbons (Fsp3) is 0.353. The molecule has 1 aromatic carbocycles. The molecule has 6 nitrogen and oxygen atoms in total. The molecule has 3 rings (SSSR count). The molecule has 0 unspecified atom stereocenters. The molecule has 1 N–H and O–H groups in total. The quantitative estimate of drug-likeness (QED) is 0.753. The maximum Gasteiger partial charge on any atom is 0.259 e. The van der Waals surface area contributed by atoms with Crippen molar-refractivity contribution >= 4 is 33.4 Å². The topological polar surface area (TPSA) is 80.7 Å². The number of hydrogen-bond acceptors (Lipinski definition) is 6. The second-order valence-corrected chi connectivity index (χ2v) is 7.81. The zero-order valence-electron chi connectivity index (χ0n) is 14.6. The lowest BCUT2D eigenvalue weighted by atomic mass is 9.98. The van der Waals surface area contributed by atoms with Crippen molar-refractivity contribution < 1.29 is 9.18 Å².